The molecular formula is C23H24N2O4. The Morgan fingerprint density at radius 2 is 1.72 bits per heavy atom. The number of nitrogens with one attached hydrogen (secondary N) is 1. The first-order chi connectivity index (χ1) is 14.2. The maximum atomic E-state index is 10.5. The highest BCUT2D eigenvalue weighted by Crippen LogP contribution is 2.20. The number of benzene rings is 2. The van der Waals surface area contributed by atoms with E-state index in [4.69, 9.17) is 14.4 Å². The third-order valence-corrected chi connectivity index (χ3v) is 4.38. The number of carboxylic acid groups (broad SMARTS) is 1. The minimum Gasteiger partial charge on any atom is -0.481 e. The second-order valence-corrected chi connectivity index (χ2v) is 6.61. The van der Waals surface area contributed by atoms with Crippen molar-refractivity contribution in [3.63, 3.8) is 0 Å². The average molecular weight is 392 g/mol. The monoisotopic (exact) mass is 392 g/mol. The number of hydrogen-bond donors (Lipinski definition) is 2. The summed E-state index contributed by atoms with van der Waals surface area (Å²) in [5.41, 5.74) is 5.46. The second-order valence-electron chi connectivity index (χ2n) is 6.61. The van der Waals surface area contributed by atoms with Gasteiger partial charge >= 0.3 is 5.97 Å². The van der Waals surface area contributed by atoms with E-state index in [9.17, 15) is 4.79 Å². The molecule has 0 saturated heterocycles. The van der Waals surface area contributed by atoms with E-state index in [2.05, 4.69) is 10.5 Å². The predicted octanol–water partition coefficient (Wildman–Crippen LogP) is 4.26. The second kappa shape index (κ2) is 10.8. The standard InChI is InChI=1S/C23H24N2O4/c26-23(27)10-12-24-15-19-3-1-18(2-4-19)9-13-25-29-16-20-5-7-21(8-6-20)22-11-14-28-17-22/h1-8,11,13-14,17,24H,9-10,12,15-16H2,(H,26,27). The van der Waals surface area contributed by atoms with Crippen molar-refractivity contribution in [1.29, 1.82) is 0 Å². The van der Waals surface area contributed by atoms with Gasteiger partial charge in [-0.05, 0) is 28.3 Å². The molecule has 0 atom stereocenters. The van der Waals surface area contributed by atoms with Crippen LogP contribution in [0.2, 0.25) is 0 Å². The Morgan fingerprint density at radius 3 is 2.41 bits per heavy atom. The van der Waals surface area contributed by atoms with E-state index in [0.717, 1.165) is 27.8 Å². The first kappa shape index (κ1) is 20.4. The fourth-order valence-corrected chi connectivity index (χ4v) is 2.75. The van der Waals surface area contributed by atoms with Crippen LogP contribution in [0.1, 0.15) is 23.1 Å². The zero-order valence-electron chi connectivity index (χ0n) is 16.1. The molecule has 0 radical (unpaired) electrons. The van der Waals surface area contributed by atoms with Crippen molar-refractivity contribution in [3.05, 3.63) is 83.8 Å². The number of carbonyl (C=O) groups is 1. The van der Waals surface area contributed by atoms with Gasteiger partial charge in [0.05, 0.1) is 18.9 Å². The summed E-state index contributed by atoms with van der Waals surface area (Å²) >= 11 is 0. The Kier molecular flexibility index (Phi) is 7.60. The van der Waals surface area contributed by atoms with E-state index in [-0.39, 0.29) is 6.42 Å². The van der Waals surface area contributed by atoms with Gasteiger partial charge in [-0.2, -0.15) is 0 Å². The first-order valence-corrected chi connectivity index (χ1v) is 9.46. The maximum absolute atomic E-state index is 10.5. The van der Waals surface area contributed by atoms with Crippen molar-refractivity contribution in [2.45, 2.75) is 26.0 Å². The van der Waals surface area contributed by atoms with E-state index in [1.165, 1.54) is 0 Å². The lowest BCUT2D eigenvalue weighted by atomic mass is 10.1. The fourth-order valence-electron chi connectivity index (χ4n) is 2.75. The number of nitrogens with zero attached hydrogens (tertiary/aromatic N) is 1. The number of carboxylic acids is 1. The molecule has 0 fully saturated rings. The quantitative estimate of drug-likeness (QED) is 0.289. The van der Waals surface area contributed by atoms with Crippen LogP contribution in [0.15, 0.2) is 76.7 Å². The van der Waals surface area contributed by atoms with Gasteiger partial charge in [-0.1, -0.05) is 53.7 Å². The van der Waals surface area contributed by atoms with Crippen LogP contribution in [-0.2, 0) is 29.2 Å². The molecule has 0 aliphatic rings. The molecule has 6 nitrogen and oxygen atoms in total. The molecule has 150 valence electrons. The SMILES string of the molecule is O=C(O)CCNCc1ccc(CC=NOCc2ccc(-c3ccoc3)cc2)cc1. The molecule has 0 bridgehead atoms. The third-order valence-electron chi connectivity index (χ3n) is 4.38. The lowest BCUT2D eigenvalue weighted by Crippen LogP contribution is -2.17. The van der Waals surface area contributed by atoms with Crippen LogP contribution in [0.5, 0.6) is 0 Å². The van der Waals surface area contributed by atoms with Crippen molar-refractivity contribution in [2.24, 2.45) is 5.16 Å². The fraction of sp³-hybridized carbons (Fsp3) is 0.217. The number of hydrogen-bond acceptors (Lipinski definition) is 5. The smallest absolute Gasteiger partial charge is 0.304 e. The van der Waals surface area contributed by atoms with Crippen molar-refractivity contribution < 1.29 is 19.2 Å². The summed E-state index contributed by atoms with van der Waals surface area (Å²) in [5.74, 6) is -0.791. The number of rotatable bonds is 11. The molecule has 0 saturated carbocycles. The van der Waals surface area contributed by atoms with Crippen molar-refractivity contribution in [3.8, 4) is 11.1 Å². The molecule has 6 heteroatoms. The molecule has 0 spiro atoms. The van der Waals surface area contributed by atoms with Crippen LogP contribution in [-0.4, -0.2) is 23.8 Å². The number of oxime groups is 1. The Hall–Kier alpha value is -3.38. The minimum atomic E-state index is -0.791. The van der Waals surface area contributed by atoms with Crippen LogP contribution in [0.25, 0.3) is 11.1 Å². The van der Waals surface area contributed by atoms with Crippen LogP contribution in [0, 0.1) is 0 Å². The molecule has 0 aliphatic carbocycles. The van der Waals surface area contributed by atoms with Gasteiger partial charge in [0.25, 0.3) is 0 Å². The van der Waals surface area contributed by atoms with Gasteiger partial charge in [0.1, 0.15) is 6.61 Å². The number of aliphatic carboxylic acids is 1. The van der Waals surface area contributed by atoms with Gasteiger partial charge < -0.3 is 19.7 Å². The van der Waals surface area contributed by atoms with E-state index in [1.807, 2.05) is 54.6 Å². The highest BCUT2D eigenvalue weighted by Gasteiger charge is 2.00. The molecule has 3 rings (SSSR count). The maximum Gasteiger partial charge on any atom is 0.304 e. The predicted molar refractivity (Wildman–Crippen MR) is 112 cm³/mol. The Balaban J connectivity index is 1.36. The van der Waals surface area contributed by atoms with Gasteiger partial charge in [0, 0.05) is 31.3 Å². The first-order valence-electron chi connectivity index (χ1n) is 9.46. The number of furan rings is 1. The van der Waals surface area contributed by atoms with Crippen molar-refractivity contribution in [1.82, 2.24) is 5.32 Å². The van der Waals surface area contributed by atoms with Crippen LogP contribution in [0.4, 0.5) is 0 Å². The molecule has 29 heavy (non-hydrogen) atoms. The largest absolute Gasteiger partial charge is 0.481 e. The van der Waals surface area contributed by atoms with E-state index in [0.29, 0.717) is 26.1 Å². The highest BCUT2D eigenvalue weighted by molar-refractivity contribution is 5.66. The molecule has 0 unspecified atom stereocenters. The molecule has 0 aliphatic heterocycles. The lowest BCUT2D eigenvalue weighted by Gasteiger charge is -2.04. The summed E-state index contributed by atoms with van der Waals surface area (Å²) in [5, 5.41) is 15.7. The molecule has 3 aromatic rings. The molecule has 0 amide bonds. The molecule has 2 N–H and O–H groups in total. The summed E-state index contributed by atoms with van der Waals surface area (Å²) < 4.78 is 5.10. The van der Waals surface area contributed by atoms with Crippen LogP contribution in [0.3, 0.4) is 0 Å². The van der Waals surface area contributed by atoms with Gasteiger partial charge in [-0.3, -0.25) is 4.79 Å². The van der Waals surface area contributed by atoms with Gasteiger partial charge in [-0.25, -0.2) is 0 Å². The van der Waals surface area contributed by atoms with Gasteiger partial charge in [0.2, 0.25) is 0 Å². The van der Waals surface area contributed by atoms with Gasteiger partial charge in [-0.15, -0.1) is 0 Å². The normalized spacial score (nSPS) is 11.0. The van der Waals surface area contributed by atoms with Crippen molar-refractivity contribution >= 4 is 12.2 Å². The minimum absolute atomic E-state index is 0.128. The Morgan fingerprint density at radius 1 is 1.00 bits per heavy atom. The summed E-state index contributed by atoms with van der Waals surface area (Å²) in [6.07, 6.45) is 5.95. The zero-order chi connectivity index (χ0) is 20.3. The molecule has 1 aromatic heterocycles. The van der Waals surface area contributed by atoms with Crippen LogP contribution >= 0.6 is 0 Å². The molecule has 2 aromatic carbocycles. The summed E-state index contributed by atoms with van der Waals surface area (Å²) in [6.45, 7) is 1.54. The molecular weight excluding hydrogens is 368 g/mol. The summed E-state index contributed by atoms with van der Waals surface area (Å²) in [6, 6.07) is 18.2. The highest BCUT2D eigenvalue weighted by atomic mass is 16.6. The average Bonchev–Trinajstić information content (AvgIpc) is 3.27. The zero-order valence-corrected chi connectivity index (χ0v) is 16.1. The Labute approximate surface area is 169 Å². The van der Waals surface area contributed by atoms with Crippen LogP contribution < -0.4 is 5.32 Å². The van der Waals surface area contributed by atoms with E-state index >= 15 is 0 Å². The summed E-state index contributed by atoms with van der Waals surface area (Å²) in [7, 11) is 0. The Bertz CT molecular complexity index is 901. The topological polar surface area (TPSA) is 84.1 Å². The van der Waals surface area contributed by atoms with E-state index in [1.54, 1.807) is 18.7 Å². The van der Waals surface area contributed by atoms with Crippen molar-refractivity contribution in [2.75, 3.05) is 6.54 Å². The van der Waals surface area contributed by atoms with Gasteiger partial charge in [0.15, 0.2) is 0 Å². The molecule has 1 heterocycles. The third kappa shape index (κ3) is 6.93. The lowest BCUT2D eigenvalue weighted by molar-refractivity contribution is -0.136. The summed E-state index contributed by atoms with van der Waals surface area (Å²) in [4.78, 5) is 15.8. The van der Waals surface area contributed by atoms with E-state index < -0.39 is 5.97 Å².